The molecule has 0 saturated carbocycles. The van der Waals surface area contributed by atoms with Gasteiger partial charge in [-0.3, -0.25) is 9.59 Å². The number of ether oxygens (including phenoxy) is 1. The van der Waals surface area contributed by atoms with Crippen molar-refractivity contribution in [1.82, 2.24) is 5.32 Å². The van der Waals surface area contributed by atoms with Crippen LogP contribution in [0.4, 0.5) is 11.4 Å². The topological polar surface area (TPSA) is 70.7 Å². The zero-order valence-electron chi connectivity index (χ0n) is 17.0. The molecule has 6 nitrogen and oxygen atoms in total. The van der Waals surface area contributed by atoms with Crippen LogP contribution < -0.4 is 20.3 Å². The first-order valence-electron chi connectivity index (χ1n) is 10.4. The smallest absolute Gasteiger partial charge is 0.258 e. The van der Waals surface area contributed by atoms with Crippen LogP contribution in [0.15, 0.2) is 78.9 Å². The molecule has 3 aromatic rings. The number of nitrogens with one attached hydrogen (secondary N) is 2. The molecule has 2 unspecified atom stereocenters. The predicted octanol–water partition coefficient (Wildman–Crippen LogP) is 3.45. The van der Waals surface area contributed by atoms with E-state index in [2.05, 4.69) is 27.7 Å². The highest BCUT2D eigenvalue weighted by atomic mass is 16.5. The van der Waals surface area contributed by atoms with E-state index in [-0.39, 0.29) is 30.5 Å². The van der Waals surface area contributed by atoms with Gasteiger partial charge in [0, 0.05) is 12.6 Å². The van der Waals surface area contributed by atoms with Crippen LogP contribution in [0, 0.1) is 0 Å². The predicted molar refractivity (Wildman–Crippen MR) is 120 cm³/mol. The number of amides is 2. The number of fused-ring (bicyclic) bond motifs is 3. The lowest BCUT2D eigenvalue weighted by Crippen LogP contribution is -2.44. The Kier molecular flexibility index (Phi) is 5.04. The summed E-state index contributed by atoms with van der Waals surface area (Å²) in [6, 6.07) is 25.2. The quantitative estimate of drug-likeness (QED) is 0.672. The van der Waals surface area contributed by atoms with Crippen LogP contribution >= 0.6 is 0 Å². The zero-order valence-corrected chi connectivity index (χ0v) is 17.0. The van der Waals surface area contributed by atoms with Crippen molar-refractivity contribution in [2.24, 2.45) is 0 Å². The lowest BCUT2D eigenvalue weighted by atomic mass is 10.1. The fourth-order valence-corrected chi connectivity index (χ4v) is 4.29. The lowest BCUT2D eigenvalue weighted by Gasteiger charge is -2.32. The molecule has 0 aliphatic carbocycles. The van der Waals surface area contributed by atoms with E-state index in [0.29, 0.717) is 18.7 Å². The van der Waals surface area contributed by atoms with E-state index in [4.69, 9.17) is 4.74 Å². The fourth-order valence-electron chi connectivity index (χ4n) is 4.29. The minimum absolute atomic E-state index is 0.0230. The summed E-state index contributed by atoms with van der Waals surface area (Å²) in [4.78, 5) is 26.9. The molecule has 156 valence electrons. The molecule has 5 rings (SSSR count). The van der Waals surface area contributed by atoms with Gasteiger partial charge in [-0.05, 0) is 41.8 Å². The maximum Gasteiger partial charge on any atom is 0.258 e. The van der Waals surface area contributed by atoms with Crippen LogP contribution in [0.2, 0.25) is 0 Å². The van der Waals surface area contributed by atoms with E-state index in [9.17, 15) is 9.59 Å². The maximum absolute atomic E-state index is 12.4. The monoisotopic (exact) mass is 413 g/mol. The maximum atomic E-state index is 12.4. The number of anilines is 2. The molecule has 2 aliphatic rings. The number of rotatable bonds is 5. The summed E-state index contributed by atoms with van der Waals surface area (Å²) in [6.07, 6.45) is 0.581. The van der Waals surface area contributed by atoms with E-state index in [1.165, 1.54) is 0 Å². The van der Waals surface area contributed by atoms with Crippen molar-refractivity contribution in [2.45, 2.75) is 18.5 Å². The largest absolute Gasteiger partial charge is 0.484 e. The Balaban J connectivity index is 1.16. The molecule has 0 bridgehead atoms. The fraction of sp³-hybridized carbons (Fsp3) is 0.200. The van der Waals surface area contributed by atoms with Gasteiger partial charge in [0.1, 0.15) is 11.8 Å². The van der Waals surface area contributed by atoms with Gasteiger partial charge in [-0.25, -0.2) is 0 Å². The highest BCUT2D eigenvalue weighted by Crippen LogP contribution is 2.36. The second kappa shape index (κ2) is 8.14. The number of nitrogens with zero attached hydrogens (tertiary/aromatic N) is 1. The molecule has 1 saturated heterocycles. The number of carbonyl (C=O) groups is 2. The number of hydrogen-bond donors (Lipinski definition) is 2. The van der Waals surface area contributed by atoms with Crippen molar-refractivity contribution in [3.63, 3.8) is 0 Å². The van der Waals surface area contributed by atoms with Gasteiger partial charge in [-0.1, -0.05) is 54.6 Å². The summed E-state index contributed by atoms with van der Waals surface area (Å²) < 4.78 is 5.66. The SMILES string of the molecule is O=C(COc1ccc(-c2ccccc2)cc1)NC1CC2C(=O)Nc3ccccc3N2C1. The first-order valence-corrected chi connectivity index (χ1v) is 10.4. The van der Waals surface area contributed by atoms with E-state index >= 15 is 0 Å². The average molecular weight is 413 g/mol. The summed E-state index contributed by atoms with van der Waals surface area (Å²) in [5.41, 5.74) is 4.05. The summed E-state index contributed by atoms with van der Waals surface area (Å²) in [5, 5.41) is 5.96. The first kappa shape index (κ1) is 19.2. The molecule has 0 radical (unpaired) electrons. The molecule has 0 aromatic heterocycles. The number of hydrogen-bond acceptors (Lipinski definition) is 4. The third-order valence-electron chi connectivity index (χ3n) is 5.77. The Hall–Kier alpha value is -3.80. The number of para-hydroxylation sites is 2. The Labute approximate surface area is 180 Å². The van der Waals surface area contributed by atoms with Crippen LogP contribution in [0.25, 0.3) is 11.1 Å². The van der Waals surface area contributed by atoms with E-state index in [1.807, 2.05) is 66.7 Å². The van der Waals surface area contributed by atoms with Crippen LogP contribution in [-0.2, 0) is 9.59 Å². The lowest BCUT2D eigenvalue weighted by molar-refractivity contribution is -0.124. The van der Waals surface area contributed by atoms with E-state index in [1.54, 1.807) is 0 Å². The number of carbonyl (C=O) groups excluding carboxylic acids is 2. The van der Waals surface area contributed by atoms with Crippen molar-refractivity contribution in [1.29, 1.82) is 0 Å². The third-order valence-corrected chi connectivity index (χ3v) is 5.77. The Morgan fingerprint density at radius 3 is 2.48 bits per heavy atom. The van der Waals surface area contributed by atoms with Gasteiger partial charge in [-0.2, -0.15) is 0 Å². The van der Waals surface area contributed by atoms with Gasteiger partial charge in [0.25, 0.3) is 5.91 Å². The standard InChI is InChI=1S/C25H23N3O3/c29-24(16-31-20-12-10-18(11-13-20)17-6-2-1-3-7-17)26-19-14-23-25(30)27-21-8-4-5-9-22(21)28(23)15-19/h1-13,19,23H,14-16H2,(H,26,29)(H,27,30). The Morgan fingerprint density at radius 2 is 1.68 bits per heavy atom. The molecular weight excluding hydrogens is 390 g/mol. The van der Waals surface area contributed by atoms with Crippen molar-refractivity contribution in [3.05, 3.63) is 78.9 Å². The summed E-state index contributed by atoms with van der Waals surface area (Å²) in [6.45, 7) is 0.543. The summed E-state index contributed by atoms with van der Waals surface area (Å²) >= 11 is 0. The molecule has 2 heterocycles. The third kappa shape index (κ3) is 3.97. The second-order valence-electron chi connectivity index (χ2n) is 7.85. The van der Waals surface area contributed by atoms with Gasteiger partial charge < -0.3 is 20.3 Å². The van der Waals surface area contributed by atoms with Gasteiger partial charge in [0.15, 0.2) is 6.61 Å². The van der Waals surface area contributed by atoms with Crippen LogP contribution in [0.5, 0.6) is 5.75 Å². The van der Waals surface area contributed by atoms with Gasteiger partial charge in [-0.15, -0.1) is 0 Å². The van der Waals surface area contributed by atoms with Gasteiger partial charge >= 0.3 is 0 Å². The highest BCUT2D eigenvalue weighted by molar-refractivity contribution is 6.04. The average Bonchev–Trinajstić information content (AvgIpc) is 3.23. The molecule has 2 N–H and O–H groups in total. The minimum atomic E-state index is -0.258. The second-order valence-corrected chi connectivity index (χ2v) is 7.85. The summed E-state index contributed by atoms with van der Waals surface area (Å²) in [7, 11) is 0. The molecule has 1 fully saturated rings. The van der Waals surface area contributed by atoms with Crippen molar-refractivity contribution < 1.29 is 14.3 Å². The van der Waals surface area contributed by atoms with Crippen molar-refractivity contribution in [2.75, 3.05) is 23.4 Å². The molecule has 2 amide bonds. The molecule has 2 atom stereocenters. The first-order chi connectivity index (χ1) is 15.2. The van der Waals surface area contributed by atoms with Crippen molar-refractivity contribution >= 4 is 23.2 Å². The van der Waals surface area contributed by atoms with Crippen LogP contribution in [0.3, 0.4) is 0 Å². The molecule has 0 spiro atoms. The van der Waals surface area contributed by atoms with Crippen LogP contribution in [-0.4, -0.2) is 37.0 Å². The van der Waals surface area contributed by atoms with Gasteiger partial charge in [0.05, 0.1) is 11.4 Å². The molecule has 2 aliphatic heterocycles. The van der Waals surface area contributed by atoms with Crippen LogP contribution in [0.1, 0.15) is 6.42 Å². The van der Waals surface area contributed by atoms with E-state index in [0.717, 1.165) is 22.5 Å². The molecule has 31 heavy (non-hydrogen) atoms. The molecule has 6 heteroatoms. The van der Waals surface area contributed by atoms with Crippen molar-refractivity contribution in [3.8, 4) is 16.9 Å². The Morgan fingerprint density at radius 1 is 0.968 bits per heavy atom. The normalized spacial score (nSPS) is 19.2. The number of benzene rings is 3. The Bertz CT molecular complexity index is 1100. The zero-order chi connectivity index (χ0) is 21.2. The van der Waals surface area contributed by atoms with Gasteiger partial charge in [0.2, 0.25) is 5.91 Å². The van der Waals surface area contributed by atoms with E-state index < -0.39 is 0 Å². The molecule has 3 aromatic carbocycles. The minimum Gasteiger partial charge on any atom is -0.484 e. The molecular formula is C25H23N3O3. The summed E-state index contributed by atoms with van der Waals surface area (Å²) in [5.74, 6) is 0.433. The highest BCUT2D eigenvalue weighted by Gasteiger charge is 2.41.